The molecule has 0 aliphatic heterocycles. The number of nitrogens with zero attached hydrogens (tertiary/aromatic N) is 5. The standard InChI is InChI=1S/2C18H14N4O2S.C17H13N3OS2.C15H11F3N2O2S.C15H14N2OS2.3C2HF3O2.CH3I/c19-17(20)15-8-12-6-7-13(9-14(12)25-15)23-10-16-21-18(22-24-16)11-4-2-1-3-5-11;19-17(20)15-8-12-6-7-13(9-14(12)25-15)23-10-16-21-18(24-22-16)11-4-2-1-3-5-11;18-17(19)15-7-10-5-6-11(8-14(10)22-15)21-9-16-20-12-3-1-2-4-13(12)23-16;16-15(17,18)13-4-3-10(22-13)7-21-9-2-1-8-5-12(14(19)20)23-11(8)6-9;1-9-4-5-19-14(9)8-18-11-3-2-10-6-13(15(16)17)20-12(10)7-11;3*3-2(4,5)1(6)7;1-2/h2*1-9H,10H2,(H3,19,20);1-8H,9H2,(H3,18,19);1-6H,7H2,(H3,19,20);2-7H,8H2,1H3,(H3,16,17);3*(H,6,7);1H3. The molecule has 724 valence electrons. The maximum absolute atomic E-state index is 12.4. The Morgan fingerprint density at radius 3 is 1.11 bits per heavy atom. The Hall–Kier alpha value is -14.6. The van der Waals surface area contributed by atoms with E-state index in [1.165, 1.54) is 77.9 Å². The number of amidine groups is 5. The van der Waals surface area contributed by atoms with E-state index < -0.39 is 48.4 Å². The molecular weight excluding hydrogens is 2090 g/mol. The van der Waals surface area contributed by atoms with Crippen molar-refractivity contribution in [3.63, 3.8) is 0 Å². The van der Waals surface area contributed by atoms with Gasteiger partial charge < -0.3 is 81.1 Å². The van der Waals surface area contributed by atoms with Crippen LogP contribution in [-0.2, 0) is 53.6 Å². The van der Waals surface area contributed by atoms with Crippen molar-refractivity contribution < 1.29 is 120 Å². The number of thiazole rings is 1. The van der Waals surface area contributed by atoms with Crippen molar-refractivity contribution >= 4 is 210 Å². The predicted octanol–water partition coefficient (Wildman–Crippen LogP) is 23.5. The SMILES string of the molecule is CI.Cc1ccsc1COc1ccc2cc(C(=N)N)sc2c1.N=C(N)c1cc2ccc(OCc3ccc(C(F)(F)F)o3)cc2s1.N=C(N)c1cc2ccc(OCc3nc(-c4ccccc4)no3)cc2s1.N=C(N)c1cc2ccc(OCc3nc4ccccc4s3)cc2s1.N=C(N)c1cc2ccc(OCc3noc(-c4ccccc4)n3)cc2s1.O=C(O)C(F)(F)F.O=C(O)C(F)(F)F.O=C(O)C(F)(F)F. The molecule has 0 bridgehead atoms. The molecule has 49 heteroatoms. The van der Waals surface area contributed by atoms with Crippen molar-refractivity contribution in [1.82, 2.24) is 25.3 Å². The van der Waals surface area contributed by atoms with Crippen molar-refractivity contribution in [3.8, 4) is 51.6 Å². The summed E-state index contributed by atoms with van der Waals surface area (Å²) < 4.78 is 183. The highest BCUT2D eigenvalue weighted by molar-refractivity contribution is 14.1. The number of thiophene rings is 6. The van der Waals surface area contributed by atoms with Crippen molar-refractivity contribution in [3.05, 3.63) is 293 Å². The zero-order valence-electron chi connectivity index (χ0n) is 71.2. The molecule has 18 rings (SSSR count). The smallest absolute Gasteiger partial charge is 0.488 e. The number of carbonyl (C=O) groups is 3. The largest absolute Gasteiger partial charge is 0.490 e. The van der Waals surface area contributed by atoms with E-state index in [0.717, 1.165) is 109 Å². The Morgan fingerprint density at radius 1 is 0.388 bits per heavy atom. The zero-order chi connectivity index (χ0) is 101. The number of para-hydroxylation sites is 1. The molecule has 8 aromatic carbocycles. The highest BCUT2D eigenvalue weighted by atomic mass is 127. The number of hydrogen-bond donors (Lipinski definition) is 13. The van der Waals surface area contributed by atoms with Crippen LogP contribution in [0.3, 0.4) is 0 Å². The van der Waals surface area contributed by atoms with E-state index >= 15 is 0 Å². The number of aromatic nitrogens is 5. The van der Waals surface area contributed by atoms with Crippen molar-refractivity contribution in [1.29, 1.82) is 27.0 Å². The lowest BCUT2D eigenvalue weighted by Gasteiger charge is -2.05. The van der Waals surface area contributed by atoms with Gasteiger partial charge in [-0.15, -0.1) is 79.4 Å². The number of ether oxygens (including phenoxy) is 5. The maximum atomic E-state index is 12.4. The van der Waals surface area contributed by atoms with Gasteiger partial charge in [-0.25, -0.2) is 19.4 Å². The minimum Gasteiger partial charge on any atom is -0.488 e. The molecule has 0 radical (unpaired) electrons. The summed E-state index contributed by atoms with van der Waals surface area (Å²) >= 11 is 12.8. The first-order chi connectivity index (χ1) is 65.8. The van der Waals surface area contributed by atoms with Crippen LogP contribution < -0.4 is 52.4 Å². The molecule has 29 nitrogen and oxygen atoms in total. The molecule has 0 aliphatic rings. The molecule has 10 heterocycles. The third kappa shape index (κ3) is 31.7. The van der Waals surface area contributed by atoms with E-state index in [1.54, 1.807) is 46.9 Å². The van der Waals surface area contributed by atoms with Gasteiger partial charge in [0.25, 0.3) is 11.8 Å². The summed E-state index contributed by atoms with van der Waals surface area (Å²) in [6.45, 7) is 3.45. The molecule has 0 amide bonds. The average molecular weight is 2170 g/mol. The first-order valence-corrected chi connectivity index (χ1v) is 46.9. The van der Waals surface area contributed by atoms with E-state index in [4.69, 9.17) is 123 Å². The normalized spacial score (nSPS) is 11.0. The maximum Gasteiger partial charge on any atom is 0.490 e. The first-order valence-electron chi connectivity index (χ1n) is 39.0. The van der Waals surface area contributed by atoms with Crippen LogP contribution in [0.5, 0.6) is 28.7 Å². The second-order valence-corrected chi connectivity index (χ2v) is 35.1. The van der Waals surface area contributed by atoms with Gasteiger partial charge in [0, 0.05) is 39.5 Å². The molecule has 0 atom stereocenters. The number of nitrogens with two attached hydrogens (primary N) is 5. The van der Waals surface area contributed by atoms with Crippen LogP contribution in [0.4, 0.5) is 52.7 Å². The minimum absolute atomic E-state index is 0.0102. The molecule has 0 aliphatic carbocycles. The number of aliphatic carboxylic acids is 3. The van der Waals surface area contributed by atoms with Crippen molar-refractivity contribution in [2.24, 2.45) is 28.7 Å². The highest BCUT2D eigenvalue weighted by Crippen LogP contribution is 2.38. The average Bonchev–Trinajstić information content (AvgIpc) is 1.69. The summed E-state index contributed by atoms with van der Waals surface area (Å²) in [4.78, 5) is 46.9. The van der Waals surface area contributed by atoms with Crippen molar-refractivity contribution in [2.75, 3.05) is 4.93 Å². The van der Waals surface area contributed by atoms with E-state index in [-0.39, 0.29) is 54.8 Å². The lowest BCUT2D eigenvalue weighted by molar-refractivity contribution is -0.193. The number of nitrogens with one attached hydrogen (secondary N) is 5. The Morgan fingerprint density at radius 2 is 0.748 bits per heavy atom. The molecule has 0 unspecified atom stereocenters. The van der Waals surface area contributed by atoms with Crippen LogP contribution in [0.2, 0.25) is 0 Å². The Kier molecular flexibility index (Phi) is 37.0. The number of nitrogen functional groups attached to an aromatic ring is 5. The van der Waals surface area contributed by atoms with Crippen LogP contribution >= 0.6 is 102 Å². The Balaban J connectivity index is 0.000000169. The van der Waals surface area contributed by atoms with Gasteiger partial charge in [-0.3, -0.25) is 27.0 Å². The molecule has 10 aromatic heterocycles. The number of halogens is 13. The van der Waals surface area contributed by atoms with E-state index in [1.807, 2.05) is 181 Å². The van der Waals surface area contributed by atoms with E-state index in [9.17, 15) is 52.7 Å². The predicted molar refractivity (Wildman–Crippen MR) is 519 cm³/mol. The monoisotopic (exact) mass is 2170 g/mol. The Labute approximate surface area is 818 Å². The zero-order valence-corrected chi connectivity index (χ0v) is 79.1. The lowest BCUT2D eigenvalue weighted by Crippen LogP contribution is -2.21. The molecule has 0 saturated carbocycles. The molecule has 139 heavy (non-hydrogen) atoms. The van der Waals surface area contributed by atoms with E-state index in [2.05, 4.69) is 72.3 Å². The minimum atomic E-state index is -5.08. The van der Waals surface area contributed by atoms with Gasteiger partial charge in [-0.1, -0.05) is 93.6 Å². The van der Waals surface area contributed by atoms with Gasteiger partial charge in [-0.05, 0) is 214 Å². The molecule has 18 aromatic rings. The number of aryl methyl sites for hydroxylation is 1. The summed E-state index contributed by atoms with van der Waals surface area (Å²) in [6.07, 6.45) is -19.8. The number of benzene rings is 8. The molecule has 0 spiro atoms. The molecule has 18 N–H and O–H groups in total. The Bertz CT molecular complexity index is 7060. The first kappa shape index (κ1) is 106. The summed E-state index contributed by atoms with van der Waals surface area (Å²) in [5.74, 6) is -3.42. The topological polar surface area (TPSA) is 511 Å². The highest BCUT2D eigenvalue weighted by Gasteiger charge is 2.40. The number of furan rings is 1. The van der Waals surface area contributed by atoms with Gasteiger partial charge in [0.1, 0.15) is 88.5 Å². The summed E-state index contributed by atoms with van der Waals surface area (Å²) in [5.41, 5.74) is 31.6. The van der Waals surface area contributed by atoms with Gasteiger partial charge in [0.2, 0.25) is 17.4 Å². The van der Waals surface area contributed by atoms with Gasteiger partial charge >= 0.3 is 42.6 Å². The summed E-state index contributed by atoms with van der Waals surface area (Å²) in [6, 6.07) is 69.6. The third-order valence-electron chi connectivity index (χ3n) is 17.6. The fourth-order valence-corrected chi connectivity index (χ4v) is 17.5. The van der Waals surface area contributed by atoms with Gasteiger partial charge in [-0.2, -0.15) is 62.7 Å². The number of alkyl halides is 13. The van der Waals surface area contributed by atoms with Crippen LogP contribution in [0.1, 0.15) is 63.1 Å². The fraction of sp³-hybridized carbons (Fsp3) is 0.122. The van der Waals surface area contributed by atoms with Gasteiger partial charge in [0.15, 0.2) is 13.2 Å². The van der Waals surface area contributed by atoms with Crippen molar-refractivity contribution in [2.45, 2.75) is 64.7 Å². The van der Waals surface area contributed by atoms with Crippen LogP contribution in [-0.4, -0.2) is 111 Å². The molecule has 0 fully saturated rings. The number of carboxylic acids is 3. The van der Waals surface area contributed by atoms with E-state index in [0.29, 0.717) is 58.8 Å². The number of fused-ring (bicyclic) bond motifs is 6. The fourth-order valence-electron chi connectivity index (χ4n) is 11.1. The number of rotatable bonds is 22. The molecular formula is C90H72F12IN15O14S7. The lowest BCUT2D eigenvalue weighted by atomic mass is 10.2. The quantitative estimate of drug-likeness (QED) is 0.00985. The molecule has 0 saturated heterocycles. The number of carboxylic acid groups (broad SMARTS) is 3. The second kappa shape index (κ2) is 48.4. The third-order valence-corrected chi connectivity index (χ3v) is 25.3. The van der Waals surface area contributed by atoms with Gasteiger partial charge in [0.05, 0.1) is 34.6 Å². The van der Waals surface area contributed by atoms with Crippen LogP contribution in [0, 0.1) is 34.0 Å². The summed E-state index contributed by atoms with van der Waals surface area (Å²) in [7, 11) is 0. The number of hydrogen-bond acceptors (Lipinski definition) is 28. The van der Waals surface area contributed by atoms with Crippen LogP contribution in [0.15, 0.2) is 243 Å². The summed E-state index contributed by atoms with van der Waals surface area (Å²) in [5, 5.41) is 74.9. The second-order valence-electron chi connectivity index (χ2n) is 27.6. The van der Waals surface area contributed by atoms with Crippen LogP contribution in [0.25, 0.3) is 83.5 Å².